The summed E-state index contributed by atoms with van der Waals surface area (Å²) in [6.07, 6.45) is -0.686. The maximum atomic E-state index is 13.9. The van der Waals surface area contributed by atoms with Gasteiger partial charge < -0.3 is 9.15 Å². The first kappa shape index (κ1) is 12.7. The first-order valence-electron chi connectivity index (χ1n) is 6.25. The van der Waals surface area contributed by atoms with Crippen molar-refractivity contribution in [3.8, 4) is 5.75 Å². The Balaban J connectivity index is 2.17. The Labute approximate surface area is 115 Å². The zero-order valence-corrected chi connectivity index (χ0v) is 11.2. The standard InChI is InChI=1S/C16H13FO3/c1-8-10(3)19-16(18)13-9(2)14(20-15(8)13)11-6-4-5-7-12(11)17/h4-7,14H,2H2,1,3H3. The van der Waals surface area contributed by atoms with Crippen LogP contribution < -0.4 is 10.4 Å². The van der Waals surface area contributed by atoms with Crippen LogP contribution in [-0.4, -0.2) is 0 Å². The van der Waals surface area contributed by atoms with Crippen LogP contribution in [0.2, 0.25) is 0 Å². The maximum absolute atomic E-state index is 13.9. The fourth-order valence-corrected chi connectivity index (χ4v) is 2.39. The molecule has 1 atom stereocenters. The van der Waals surface area contributed by atoms with Gasteiger partial charge in [-0.3, -0.25) is 0 Å². The van der Waals surface area contributed by atoms with E-state index in [4.69, 9.17) is 9.15 Å². The highest BCUT2D eigenvalue weighted by atomic mass is 19.1. The van der Waals surface area contributed by atoms with Gasteiger partial charge in [0.1, 0.15) is 22.9 Å². The quantitative estimate of drug-likeness (QED) is 0.797. The molecule has 1 aliphatic rings. The third-order valence-corrected chi connectivity index (χ3v) is 3.61. The van der Waals surface area contributed by atoms with Gasteiger partial charge in [0.15, 0.2) is 6.10 Å². The molecule has 0 saturated heterocycles. The fourth-order valence-electron chi connectivity index (χ4n) is 2.39. The third-order valence-electron chi connectivity index (χ3n) is 3.61. The van der Waals surface area contributed by atoms with E-state index in [2.05, 4.69) is 6.58 Å². The van der Waals surface area contributed by atoms with Crippen molar-refractivity contribution in [2.75, 3.05) is 0 Å². The summed E-state index contributed by atoms with van der Waals surface area (Å²) in [6, 6.07) is 6.31. The first-order valence-corrected chi connectivity index (χ1v) is 6.25. The van der Waals surface area contributed by atoms with Crippen LogP contribution >= 0.6 is 0 Å². The first-order chi connectivity index (χ1) is 9.50. The molecular formula is C16H13FO3. The van der Waals surface area contributed by atoms with Crippen LogP contribution in [0.4, 0.5) is 4.39 Å². The van der Waals surface area contributed by atoms with Gasteiger partial charge in [-0.25, -0.2) is 9.18 Å². The van der Waals surface area contributed by atoms with E-state index in [-0.39, 0.29) is 5.82 Å². The van der Waals surface area contributed by atoms with Gasteiger partial charge in [-0.2, -0.15) is 0 Å². The molecule has 0 N–H and O–H groups in total. The summed E-state index contributed by atoms with van der Waals surface area (Å²) in [5.41, 5.74) is 1.35. The van der Waals surface area contributed by atoms with Crippen LogP contribution in [0.25, 0.3) is 5.57 Å². The van der Waals surface area contributed by atoms with Crippen molar-refractivity contribution in [2.45, 2.75) is 20.0 Å². The molecule has 20 heavy (non-hydrogen) atoms. The van der Waals surface area contributed by atoms with Gasteiger partial charge in [-0.1, -0.05) is 24.8 Å². The molecule has 1 aromatic heterocycles. The van der Waals surface area contributed by atoms with Gasteiger partial charge >= 0.3 is 5.63 Å². The topological polar surface area (TPSA) is 39.4 Å². The zero-order valence-electron chi connectivity index (χ0n) is 11.2. The molecule has 1 aliphatic heterocycles. The Kier molecular flexibility index (Phi) is 2.74. The van der Waals surface area contributed by atoms with Crippen molar-refractivity contribution in [1.82, 2.24) is 0 Å². The number of aryl methyl sites for hydroxylation is 1. The minimum atomic E-state index is -0.686. The number of rotatable bonds is 1. The van der Waals surface area contributed by atoms with Crippen LogP contribution in [0.3, 0.4) is 0 Å². The normalized spacial score (nSPS) is 16.9. The van der Waals surface area contributed by atoms with E-state index >= 15 is 0 Å². The average molecular weight is 272 g/mol. The number of benzene rings is 1. The SMILES string of the molecule is C=C1c2c(c(C)c(C)oc2=O)OC1c1ccccc1F. The minimum absolute atomic E-state index is 0.307. The van der Waals surface area contributed by atoms with E-state index in [0.29, 0.717) is 28.2 Å². The van der Waals surface area contributed by atoms with Gasteiger partial charge in [0.2, 0.25) is 0 Å². The predicted octanol–water partition coefficient (Wildman–Crippen LogP) is 3.54. The largest absolute Gasteiger partial charge is 0.480 e. The summed E-state index contributed by atoms with van der Waals surface area (Å²) in [5.74, 6) is 0.554. The molecule has 0 fully saturated rings. The van der Waals surface area contributed by atoms with Crippen molar-refractivity contribution >= 4 is 5.57 Å². The second-order valence-corrected chi connectivity index (χ2v) is 4.82. The number of ether oxygens (including phenoxy) is 1. The molecule has 1 aromatic carbocycles. The monoisotopic (exact) mass is 272 g/mol. The Morgan fingerprint density at radius 1 is 1.25 bits per heavy atom. The van der Waals surface area contributed by atoms with Crippen LogP contribution in [0.5, 0.6) is 5.75 Å². The molecule has 2 aromatic rings. The molecule has 3 rings (SSSR count). The Morgan fingerprint density at radius 2 is 1.95 bits per heavy atom. The molecule has 0 saturated carbocycles. The molecule has 0 aliphatic carbocycles. The van der Waals surface area contributed by atoms with Gasteiger partial charge in [0.25, 0.3) is 0 Å². The van der Waals surface area contributed by atoms with Crippen molar-refractivity contribution in [3.05, 3.63) is 69.5 Å². The molecule has 3 nitrogen and oxygen atoms in total. The summed E-state index contributed by atoms with van der Waals surface area (Å²) in [7, 11) is 0. The van der Waals surface area contributed by atoms with Crippen LogP contribution in [0.15, 0.2) is 40.1 Å². The number of hydrogen-bond donors (Lipinski definition) is 0. The van der Waals surface area contributed by atoms with Crippen molar-refractivity contribution in [2.24, 2.45) is 0 Å². The Bertz CT molecular complexity index is 774. The highest BCUT2D eigenvalue weighted by Crippen LogP contribution is 2.45. The molecule has 0 amide bonds. The Hall–Kier alpha value is -2.36. The molecule has 0 spiro atoms. The highest BCUT2D eigenvalue weighted by molar-refractivity contribution is 5.77. The predicted molar refractivity (Wildman–Crippen MR) is 73.3 cm³/mol. The van der Waals surface area contributed by atoms with E-state index in [9.17, 15) is 9.18 Å². The van der Waals surface area contributed by atoms with Gasteiger partial charge in [0, 0.05) is 16.7 Å². The van der Waals surface area contributed by atoms with Crippen molar-refractivity contribution < 1.29 is 13.5 Å². The molecular weight excluding hydrogens is 259 g/mol. The summed E-state index contributed by atoms with van der Waals surface area (Å²) >= 11 is 0. The number of halogens is 1. The molecule has 0 bridgehead atoms. The lowest BCUT2D eigenvalue weighted by Gasteiger charge is -2.13. The Morgan fingerprint density at radius 3 is 2.65 bits per heavy atom. The summed E-state index contributed by atoms with van der Waals surface area (Å²) in [6.45, 7) is 7.37. The highest BCUT2D eigenvalue weighted by Gasteiger charge is 2.35. The molecule has 2 heterocycles. The summed E-state index contributed by atoms with van der Waals surface area (Å²) in [5, 5.41) is 0. The lowest BCUT2D eigenvalue weighted by atomic mass is 9.99. The average Bonchev–Trinajstić information content (AvgIpc) is 2.75. The summed E-state index contributed by atoms with van der Waals surface area (Å²) < 4.78 is 24.8. The van der Waals surface area contributed by atoms with Crippen molar-refractivity contribution in [3.63, 3.8) is 0 Å². The van der Waals surface area contributed by atoms with Crippen LogP contribution in [-0.2, 0) is 0 Å². The zero-order chi connectivity index (χ0) is 14.4. The summed E-state index contributed by atoms with van der Waals surface area (Å²) in [4.78, 5) is 12.0. The van der Waals surface area contributed by atoms with E-state index in [1.807, 2.05) is 0 Å². The third kappa shape index (κ3) is 1.68. The lowest BCUT2D eigenvalue weighted by Crippen LogP contribution is -2.07. The molecule has 0 radical (unpaired) electrons. The smallest absolute Gasteiger partial charge is 0.347 e. The minimum Gasteiger partial charge on any atom is -0.480 e. The van der Waals surface area contributed by atoms with E-state index in [1.165, 1.54) is 6.07 Å². The molecule has 4 heteroatoms. The van der Waals surface area contributed by atoms with E-state index in [0.717, 1.165) is 5.56 Å². The lowest BCUT2D eigenvalue weighted by molar-refractivity contribution is 0.273. The van der Waals surface area contributed by atoms with Gasteiger partial charge in [-0.15, -0.1) is 0 Å². The van der Waals surface area contributed by atoms with E-state index < -0.39 is 11.7 Å². The van der Waals surface area contributed by atoms with Crippen LogP contribution in [0.1, 0.15) is 28.6 Å². The van der Waals surface area contributed by atoms with E-state index in [1.54, 1.807) is 32.0 Å². The fraction of sp³-hybridized carbons (Fsp3) is 0.188. The maximum Gasteiger partial charge on any atom is 0.347 e. The molecule has 102 valence electrons. The van der Waals surface area contributed by atoms with Gasteiger partial charge in [-0.05, 0) is 19.9 Å². The van der Waals surface area contributed by atoms with Gasteiger partial charge in [0.05, 0.1) is 0 Å². The second-order valence-electron chi connectivity index (χ2n) is 4.82. The van der Waals surface area contributed by atoms with Crippen molar-refractivity contribution in [1.29, 1.82) is 0 Å². The second kappa shape index (κ2) is 4.34. The number of fused-ring (bicyclic) bond motifs is 1. The molecule has 1 unspecified atom stereocenters. The van der Waals surface area contributed by atoms with Crippen LogP contribution in [0, 0.1) is 19.7 Å². The number of hydrogen-bond acceptors (Lipinski definition) is 3.